The molecule has 28 heavy (non-hydrogen) atoms. The number of carbonyl (C=O) groups is 1. The number of amides is 1. The first kappa shape index (κ1) is 17.5. The van der Waals surface area contributed by atoms with Crippen molar-refractivity contribution in [3.8, 4) is 6.07 Å². The van der Waals surface area contributed by atoms with E-state index in [9.17, 15) is 4.79 Å². The average molecular weight is 374 g/mol. The number of benzene rings is 1. The number of nitrogens with zero attached hydrogens (tertiary/aromatic N) is 3. The van der Waals surface area contributed by atoms with E-state index in [0.29, 0.717) is 35.2 Å². The highest BCUT2D eigenvalue weighted by Gasteiger charge is 2.45. The van der Waals surface area contributed by atoms with Crippen LogP contribution in [0.1, 0.15) is 53.3 Å². The zero-order valence-electron chi connectivity index (χ0n) is 16.1. The van der Waals surface area contributed by atoms with E-state index in [4.69, 9.17) is 5.26 Å². The molecule has 2 bridgehead atoms. The number of nitriles is 1. The molecule has 4 heterocycles. The normalized spacial score (nSPS) is 29.8. The molecule has 1 aromatic carbocycles. The minimum Gasteiger partial charge on any atom is -0.356 e. The SMILES string of the molecule is N#Cc1c[nH]c(C(=O)N2C[C@@H]3C[C@H](C2)[C@@H]2CCC[C@H](c4ccccc4)N2C3)c1. The lowest BCUT2D eigenvalue weighted by Crippen LogP contribution is -2.60. The third kappa shape index (κ3) is 3.02. The summed E-state index contributed by atoms with van der Waals surface area (Å²) in [5.74, 6) is 1.13. The van der Waals surface area contributed by atoms with Gasteiger partial charge in [-0.3, -0.25) is 9.69 Å². The summed E-state index contributed by atoms with van der Waals surface area (Å²) in [6.07, 6.45) is 6.59. The number of aromatic nitrogens is 1. The van der Waals surface area contributed by atoms with Gasteiger partial charge in [-0.2, -0.15) is 5.26 Å². The minimum absolute atomic E-state index is 0.0417. The number of aromatic amines is 1. The maximum Gasteiger partial charge on any atom is 0.270 e. The summed E-state index contributed by atoms with van der Waals surface area (Å²) in [4.78, 5) is 20.7. The Morgan fingerprint density at radius 1 is 1.14 bits per heavy atom. The molecule has 1 amide bonds. The van der Waals surface area contributed by atoms with Gasteiger partial charge in [0, 0.05) is 37.9 Å². The highest BCUT2D eigenvalue weighted by atomic mass is 16.2. The average Bonchev–Trinajstić information content (AvgIpc) is 3.22. The van der Waals surface area contributed by atoms with Gasteiger partial charge in [-0.05, 0) is 49.1 Å². The van der Waals surface area contributed by atoms with Crippen LogP contribution in [0.15, 0.2) is 42.6 Å². The molecule has 0 radical (unpaired) electrons. The second-order valence-electron chi connectivity index (χ2n) is 8.61. The van der Waals surface area contributed by atoms with Gasteiger partial charge in [-0.25, -0.2) is 0 Å². The molecule has 5 rings (SSSR count). The fourth-order valence-electron chi connectivity index (χ4n) is 5.76. The summed E-state index contributed by atoms with van der Waals surface area (Å²) in [5.41, 5.74) is 2.50. The number of likely N-dealkylation sites (tertiary alicyclic amines) is 1. The van der Waals surface area contributed by atoms with E-state index < -0.39 is 0 Å². The van der Waals surface area contributed by atoms with Crippen LogP contribution in [0.5, 0.6) is 0 Å². The Kier molecular flexibility index (Phi) is 4.44. The summed E-state index contributed by atoms with van der Waals surface area (Å²) in [6, 6.07) is 15.8. The Balaban J connectivity index is 1.35. The smallest absolute Gasteiger partial charge is 0.270 e. The highest BCUT2D eigenvalue weighted by molar-refractivity contribution is 5.93. The van der Waals surface area contributed by atoms with E-state index in [1.807, 2.05) is 4.90 Å². The number of hydrogen-bond donors (Lipinski definition) is 1. The second kappa shape index (κ2) is 7.10. The van der Waals surface area contributed by atoms with Gasteiger partial charge in [0.15, 0.2) is 0 Å². The molecule has 3 aliphatic rings. The topological polar surface area (TPSA) is 63.1 Å². The Morgan fingerprint density at radius 2 is 2.00 bits per heavy atom. The summed E-state index contributed by atoms with van der Waals surface area (Å²) >= 11 is 0. The molecule has 144 valence electrons. The number of carbonyl (C=O) groups excluding carboxylic acids is 1. The maximum atomic E-state index is 13.0. The van der Waals surface area contributed by atoms with Crippen LogP contribution in [0.25, 0.3) is 0 Å². The molecule has 3 aliphatic heterocycles. The lowest BCUT2D eigenvalue weighted by molar-refractivity contribution is -0.0512. The summed E-state index contributed by atoms with van der Waals surface area (Å²) in [5, 5.41) is 9.02. The van der Waals surface area contributed by atoms with Crippen molar-refractivity contribution in [2.45, 2.75) is 37.8 Å². The van der Waals surface area contributed by atoms with Crippen molar-refractivity contribution in [3.63, 3.8) is 0 Å². The molecule has 0 aliphatic carbocycles. The summed E-state index contributed by atoms with van der Waals surface area (Å²) in [6.45, 7) is 2.73. The van der Waals surface area contributed by atoms with Gasteiger partial charge in [0.1, 0.15) is 11.8 Å². The van der Waals surface area contributed by atoms with Gasteiger partial charge < -0.3 is 9.88 Å². The Bertz CT molecular complexity index is 899. The van der Waals surface area contributed by atoms with Crippen molar-refractivity contribution < 1.29 is 4.79 Å². The van der Waals surface area contributed by atoms with Crippen molar-refractivity contribution in [1.29, 1.82) is 5.26 Å². The Labute approximate surface area is 165 Å². The summed E-state index contributed by atoms with van der Waals surface area (Å²) < 4.78 is 0. The van der Waals surface area contributed by atoms with Crippen LogP contribution in [0.3, 0.4) is 0 Å². The lowest BCUT2D eigenvalue weighted by atomic mass is 9.74. The van der Waals surface area contributed by atoms with Crippen LogP contribution in [-0.2, 0) is 0 Å². The maximum absolute atomic E-state index is 13.0. The number of nitrogens with one attached hydrogen (secondary N) is 1. The molecule has 1 aromatic heterocycles. The third-order valence-electron chi connectivity index (χ3n) is 6.90. The largest absolute Gasteiger partial charge is 0.356 e. The first-order chi connectivity index (χ1) is 13.7. The molecule has 0 spiro atoms. The molecule has 5 nitrogen and oxygen atoms in total. The zero-order valence-corrected chi connectivity index (χ0v) is 16.1. The van der Waals surface area contributed by atoms with Crippen LogP contribution >= 0.6 is 0 Å². The molecule has 2 aromatic rings. The number of fused-ring (bicyclic) bond motifs is 4. The van der Waals surface area contributed by atoms with E-state index in [-0.39, 0.29) is 5.91 Å². The Morgan fingerprint density at radius 3 is 2.79 bits per heavy atom. The van der Waals surface area contributed by atoms with Crippen LogP contribution in [-0.4, -0.2) is 46.4 Å². The fourth-order valence-corrected chi connectivity index (χ4v) is 5.76. The molecular formula is C23H26N4O. The quantitative estimate of drug-likeness (QED) is 0.874. The van der Waals surface area contributed by atoms with Gasteiger partial charge in [-0.1, -0.05) is 30.3 Å². The summed E-state index contributed by atoms with van der Waals surface area (Å²) in [7, 11) is 0. The van der Waals surface area contributed by atoms with Crippen molar-refractivity contribution in [2.75, 3.05) is 19.6 Å². The number of piperidine rings is 3. The highest BCUT2D eigenvalue weighted by Crippen LogP contribution is 2.44. The van der Waals surface area contributed by atoms with Gasteiger partial charge in [0.2, 0.25) is 0 Å². The standard InChI is InChI=1S/C23H26N4O/c24-11-16-10-20(25-12-16)23(28)26-13-17-9-19(15-26)22-8-4-7-21(27(22)14-17)18-5-2-1-3-6-18/h1-3,5-6,10,12,17,19,21-22,25H,4,7-9,13-15H2/t17-,19+,21+,22-/m0/s1. The molecule has 0 saturated carbocycles. The van der Waals surface area contributed by atoms with Crippen LogP contribution in [0, 0.1) is 23.2 Å². The van der Waals surface area contributed by atoms with Crippen molar-refractivity contribution >= 4 is 5.91 Å². The first-order valence-corrected chi connectivity index (χ1v) is 10.4. The number of H-pyrrole nitrogens is 1. The van der Waals surface area contributed by atoms with E-state index in [1.54, 1.807) is 12.3 Å². The molecule has 0 unspecified atom stereocenters. The second-order valence-corrected chi connectivity index (χ2v) is 8.61. The predicted molar refractivity (Wildman–Crippen MR) is 107 cm³/mol. The number of rotatable bonds is 2. The molecule has 3 saturated heterocycles. The lowest BCUT2D eigenvalue weighted by Gasteiger charge is -2.55. The van der Waals surface area contributed by atoms with Crippen LogP contribution in [0.2, 0.25) is 0 Å². The Hall–Kier alpha value is -2.58. The third-order valence-corrected chi connectivity index (χ3v) is 6.90. The first-order valence-electron chi connectivity index (χ1n) is 10.4. The van der Waals surface area contributed by atoms with Crippen molar-refractivity contribution in [1.82, 2.24) is 14.8 Å². The number of hydrogen-bond acceptors (Lipinski definition) is 3. The molecule has 4 atom stereocenters. The molecule has 3 fully saturated rings. The minimum atomic E-state index is 0.0417. The van der Waals surface area contributed by atoms with Gasteiger partial charge in [-0.15, -0.1) is 0 Å². The van der Waals surface area contributed by atoms with Crippen LogP contribution in [0.4, 0.5) is 0 Å². The monoisotopic (exact) mass is 374 g/mol. The van der Waals surface area contributed by atoms with E-state index >= 15 is 0 Å². The predicted octanol–water partition coefficient (Wildman–Crippen LogP) is 3.57. The van der Waals surface area contributed by atoms with Gasteiger partial charge >= 0.3 is 0 Å². The zero-order chi connectivity index (χ0) is 19.1. The van der Waals surface area contributed by atoms with Crippen molar-refractivity contribution in [2.24, 2.45) is 11.8 Å². The fraction of sp³-hybridized carbons (Fsp3) is 0.478. The molecular weight excluding hydrogens is 348 g/mol. The molecule has 1 N–H and O–H groups in total. The molecule has 5 heteroatoms. The van der Waals surface area contributed by atoms with E-state index in [1.165, 1.54) is 31.2 Å². The van der Waals surface area contributed by atoms with Crippen molar-refractivity contribution in [3.05, 3.63) is 59.4 Å². The van der Waals surface area contributed by atoms with E-state index in [0.717, 1.165) is 19.6 Å². The van der Waals surface area contributed by atoms with Gasteiger partial charge in [0.25, 0.3) is 5.91 Å². The van der Waals surface area contributed by atoms with Crippen LogP contribution < -0.4 is 0 Å². The van der Waals surface area contributed by atoms with E-state index in [2.05, 4.69) is 46.3 Å². The van der Waals surface area contributed by atoms with Gasteiger partial charge in [0.05, 0.1) is 5.56 Å².